The van der Waals surface area contributed by atoms with Gasteiger partial charge in [-0.15, -0.1) is 0 Å². The summed E-state index contributed by atoms with van der Waals surface area (Å²) in [7, 11) is -1.30. The highest BCUT2D eigenvalue weighted by molar-refractivity contribution is 7.83. The highest BCUT2D eigenvalue weighted by atomic mass is 32.2. The molecule has 4 rings (SSSR count). The summed E-state index contributed by atoms with van der Waals surface area (Å²) in [6, 6.07) is 26.6. The van der Waals surface area contributed by atoms with Gasteiger partial charge in [-0.3, -0.25) is 0 Å². The van der Waals surface area contributed by atoms with Crippen LogP contribution in [0, 0.1) is 6.92 Å². The lowest BCUT2D eigenvalue weighted by Gasteiger charge is -2.33. The van der Waals surface area contributed by atoms with E-state index in [1.807, 2.05) is 49.4 Å². The van der Waals surface area contributed by atoms with Crippen LogP contribution in [0.4, 0.5) is 5.69 Å². The highest BCUT2D eigenvalue weighted by Crippen LogP contribution is 2.33. The summed E-state index contributed by atoms with van der Waals surface area (Å²) >= 11 is 0. The third kappa shape index (κ3) is 4.77. The van der Waals surface area contributed by atoms with Crippen LogP contribution < -0.4 is 9.62 Å². The van der Waals surface area contributed by atoms with E-state index in [-0.39, 0.29) is 6.04 Å². The largest absolute Gasteiger partial charge is 0.371 e. The van der Waals surface area contributed by atoms with Gasteiger partial charge < -0.3 is 4.90 Å². The highest BCUT2D eigenvalue weighted by Gasteiger charge is 2.23. The molecule has 1 aliphatic rings. The second-order valence-corrected chi connectivity index (χ2v) is 8.89. The number of benzene rings is 3. The van der Waals surface area contributed by atoms with Gasteiger partial charge in [-0.25, -0.2) is 8.93 Å². The van der Waals surface area contributed by atoms with E-state index in [1.165, 1.54) is 36.1 Å². The van der Waals surface area contributed by atoms with Gasteiger partial charge in [0.15, 0.2) is 0 Å². The minimum absolute atomic E-state index is 0.142. The van der Waals surface area contributed by atoms with Gasteiger partial charge in [0, 0.05) is 18.8 Å². The van der Waals surface area contributed by atoms with Crippen LogP contribution >= 0.6 is 0 Å². The van der Waals surface area contributed by atoms with E-state index in [2.05, 4.69) is 46.0 Å². The summed E-state index contributed by atoms with van der Waals surface area (Å²) in [6.45, 7) is 4.21. The summed E-state index contributed by atoms with van der Waals surface area (Å²) in [5, 5.41) is 0. The fourth-order valence-corrected chi connectivity index (χ4v) is 4.94. The molecule has 150 valence electrons. The molecule has 4 heteroatoms. The maximum absolute atomic E-state index is 13.2. The first-order valence-electron chi connectivity index (χ1n) is 10.4. The van der Waals surface area contributed by atoms with Crippen LogP contribution in [0.15, 0.2) is 83.8 Å². The summed E-state index contributed by atoms with van der Waals surface area (Å²) in [5.74, 6) is 0. The molecule has 0 bridgehead atoms. The van der Waals surface area contributed by atoms with E-state index in [1.54, 1.807) is 0 Å². The Morgan fingerprint density at radius 1 is 0.828 bits per heavy atom. The molecule has 3 aromatic rings. The molecular formula is C25H28N2OS. The summed E-state index contributed by atoms with van der Waals surface area (Å²) in [4.78, 5) is 3.28. The number of piperidine rings is 1. The molecule has 2 atom stereocenters. The predicted octanol–water partition coefficient (Wildman–Crippen LogP) is 5.39. The maximum Gasteiger partial charge on any atom is 0.125 e. The van der Waals surface area contributed by atoms with Crippen LogP contribution in [0.25, 0.3) is 0 Å². The normalized spacial score (nSPS) is 16.4. The number of hydrogen-bond donors (Lipinski definition) is 1. The van der Waals surface area contributed by atoms with Crippen molar-refractivity contribution in [3.8, 4) is 0 Å². The molecule has 1 aliphatic heterocycles. The number of aryl methyl sites for hydroxylation is 1. The molecule has 29 heavy (non-hydrogen) atoms. The fourth-order valence-electron chi connectivity index (χ4n) is 3.95. The lowest BCUT2D eigenvalue weighted by molar-refractivity contribution is 0.574. The van der Waals surface area contributed by atoms with Crippen molar-refractivity contribution >= 4 is 16.7 Å². The van der Waals surface area contributed by atoms with Crippen molar-refractivity contribution in [2.24, 2.45) is 0 Å². The van der Waals surface area contributed by atoms with Gasteiger partial charge in [0.1, 0.15) is 11.0 Å². The monoisotopic (exact) mass is 404 g/mol. The van der Waals surface area contributed by atoms with Gasteiger partial charge in [0.2, 0.25) is 0 Å². The summed E-state index contributed by atoms with van der Waals surface area (Å²) < 4.78 is 16.6. The van der Waals surface area contributed by atoms with Crippen LogP contribution in [-0.4, -0.2) is 17.3 Å². The smallest absolute Gasteiger partial charge is 0.125 e. The number of para-hydroxylation sites is 1. The van der Waals surface area contributed by atoms with Gasteiger partial charge in [0.25, 0.3) is 0 Å². The molecule has 0 unspecified atom stereocenters. The summed E-state index contributed by atoms with van der Waals surface area (Å²) in [5.41, 5.74) is 4.72. The first-order valence-corrected chi connectivity index (χ1v) is 11.5. The molecule has 0 aliphatic carbocycles. The van der Waals surface area contributed by atoms with Crippen molar-refractivity contribution in [1.82, 2.24) is 4.72 Å². The van der Waals surface area contributed by atoms with Crippen molar-refractivity contribution in [3.63, 3.8) is 0 Å². The minimum Gasteiger partial charge on any atom is -0.371 e. The Bertz CT molecular complexity index is 950. The van der Waals surface area contributed by atoms with Crippen molar-refractivity contribution in [2.75, 3.05) is 18.0 Å². The molecule has 0 radical (unpaired) electrons. The molecule has 3 aromatic carbocycles. The summed E-state index contributed by atoms with van der Waals surface area (Å²) in [6.07, 6.45) is 3.76. The molecule has 1 fully saturated rings. The van der Waals surface area contributed by atoms with Crippen LogP contribution in [-0.2, 0) is 11.0 Å². The van der Waals surface area contributed by atoms with E-state index < -0.39 is 11.0 Å². The Labute approximate surface area is 176 Å². The number of rotatable bonds is 6. The first kappa shape index (κ1) is 19.9. The molecule has 0 aromatic heterocycles. The fraction of sp³-hybridized carbons (Fsp3) is 0.280. The van der Waals surface area contributed by atoms with E-state index >= 15 is 0 Å². The van der Waals surface area contributed by atoms with Crippen LogP contribution in [0.3, 0.4) is 0 Å². The van der Waals surface area contributed by atoms with E-state index in [0.717, 1.165) is 23.5 Å². The zero-order chi connectivity index (χ0) is 20.1. The first-order chi connectivity index (χ1) is 14.2. The molecule has 1 heterocycles. The topological polar surface area (TPSA) is 32.3 Å². The Morgan fingerprint density at radius 3 is 2.21 bits per heavy atom. The molecular weight excluding hydrogens is 376 g/mol. The number of nitrogens with one attached hydrogen (secondary N) is 1. The van der Waals surface area contributed by atoms with Gasteiger partial charge in [-0.1, -0.05) is 66.2 Å². The lowest BCUT2D eigenvalue weighted by atomic mass is 9.96. The average Bonchev–Trinajstić information content (AvgIpc) is 2.79. The molecule has 1 N–H and O–H groups in total. The van der Waals surface area contributed by atoms with Crippen LogP contribution in [0.2, 0.25) is 0 Å². The molecule has 3 nitrogen and oxygen atoms in total. The predicted molar refractivity (Wildman–Crippen MR) is 122 cm³/mol. The zero-order valence-corrected chi connectivity index (χ0v) is 17.7. The van der Waals surface area contributed by atoms with E-state index in [0.29, 0.717) is 0 Å². The molecule has 1 saturated heterocycles. The van der Waals surface area contributed by atoms with Crippen molar-refractivity contribution in [3.05, 3.63) is 95.6 Å². The maximum atomic E-state index is 13.2. The van der Waals surface area contributed by atoms with Crippen LogP contribution in [0.1, 0.15) is 42.0 Å². The zero-order valence-electron chi connectivity index (χ0n) is 16.9. The standard InChI is InChI=1S/C25H28N2OS/c1-20-14-16-22(17-15-20)29(28)26-25(21-10-4-2-5-11-21)23-12-6-7-13-24(23)27-18-8-3-9-19-27/h2,4-7,10-17,25-26H,3,8-9,18-19H2,1H3/t25-,29-/m0/s1. The van der Waals surface area contributed by atoms with Gasteiger partial charge in [0.05, 0.1) is 10.9 Å². The van der Waals surface area contributed by atoms with Crippen molar-refractivity contribution in [2.45, 2.75) is 37.1 Å². The third-order valence-corrected chi connectivity index (χ3v) is 6.69. The molecule has 0 saturated carbocycles. The number of nitrogens with zero attached hydrogens (tertiary/aromatic N) is 1. The third-order valence-electron chi connectivity index (χ3n) is 5.54. The Hall–Kier alpha value is -2.43. The molecule has 0 spiro atoms. The average molecular weight is 405 g/mol. The number of hydrogen-bond acceptors (Lipinski definition) is 2. The SMILES string of the molecule is Cc1ccc([S@](=O)N[C@@H](c2ccccc2)c2ccccc2N2CCCCC2)cc1. The Balaban J connectivity index is 1.70. The van der Waals surface area contributed by atoms with E-state index in [4.69, 9.17) is 0 Å². The van der Waals surface area contributed by atoms with Crippen molar-refractivity contribution < 1.29 is 4.21 Å². The quantitative estimate of drug-likeness (QED) is 0.598. The lowest BCUT2D eigenvalue weighted by Crippen LogP contribution is -2.32. The van der Waals surface area contributed by atoms with Gasteiger partial charge in [-0.05, 0) is 55.5 Å². The second kappa shape index (κ2) is 9.38. The van der Waals surface area contributed by atoms with Crippen LogP contribution in [0.5, 0.6) is 0 Å². The van der Waals surface area contributed by atoms with Crippen molar-refractivity contribution in [1.29, 1.82) is 0 Å². The molecule has 0 amide bonds. The second-order valence-electron chi connectivity index (χ2n) is 7.65. The van der Waals surface area contributed by atoms with Gasteiger partial charge in [-0.2, -0.15) is 0 Å². The Morgan fingerprint density at radius 2 is 1.48 bits per heavy atom. The minimum atomic E-state index is -1.30. The van der Waals surface area contributed by atoms with E-state index in [9.17, 15) is 4.21 Å². The number of anilines is 1. The van der Waals surface area contributed by atoms with Gasteiger partial charge >= 0.3 is 0 Å². The Kier molecular flexibility index (Phi) is 6.43.